The van der Waals surface area contributed by atoms with E-state index >= 15 is 0 Å². The smallest absolute Gasteiger partial charge is 0.260 e. The Morgan fingerprint density at radius 2 is 1.08 bits per heavy atom. The van der Waals surface area contributed by atoms with Crippen molar-refractivity contribution in [2.75, 3.05) is 104 Å². The molecular formula is C80H87N9O16. The van der Waals surface area contributed by atoms with E-state index in [0.29, 0.717) is 110 Å². The van der Waals surface area contributed by atoms with Crippen molar-refractivity contribution in [3.63, 3.8) is 0 Å². The van der Waals surface area contributed by atoms with E-state index in [2.05, 4.69) is 33.1 Å². The summed E-state index contributed by atoms with van der Waals surface area (Å²) in [5.74, 6) is 6.24. The van der Waals surface area contributed by atoms with Gasteiger partial charge in [0.05, 0.1) is 134 Å². The largest absolute Gasteiger partial charge is 0.497 e. The zero-order valence-corrected chi connectivity index (χ0v) is 59.7. The minimum atomic E-state index is -0.948. The molecule has 5 aliphatic heterocycles. The standard InChI is InChI=1S/C80H87N9O16/c1-51(2)76(86-74(91)28-32-100-34-36-102-38-39-103-37-35-101-33-29-81-73(90)26-27-75(92)89-48-57-14-8-7-12-53(57)16-17-56-13-9-10-15-68(56)89)78(94)84-52(3)77(93)85-60-22-18-54(19-23-60)58-40-61-46-82-66-44-71(69(98-5)42-64(66)79(95)87(61)49-58)104-30-11-31-105-72-45-67-65(43-70(72)99-6)80(96)88-50-59(41-62(88)47-83-67)55-20-24-63(97-4)25-21-55/h7-10,12-15,18-25,42-47,49-52,61-62,76H,11,26-41,48H2,1-6H3,(H,81,90)(H,84,94)(H,85,93)(H,86,91)/t52?,61-,62+,76?/m0/s1. The van der Waals surface area contributed by atoms with Crippen molar-refractivity contribution in [1.29, 1.82) is 0 Å². The predicted molar refractivity (Wildman–Crippen MR) is 396 cm³/mol. The number of benzene rings is 6. The Hall–Kier alpha value is -11.2. The predicted octanol–water partition coefficient (Wildman–Crippen LogP) is 9.39. The minimum absolute atomic E-state index is 0.00246. The molecule has 11 rings (SSSR count). The van der Waals surface area contributed by atoms with Gasteiger partial charge in [-0.1, -0.05) is 80.3 Å². The molecule has 0 aromatic heterocycles. The van der Waals surface area contributed by atoms with E-state index in [1.807, 2.05) is 97.3 Å². The van der Waals surface area contributed by atoms with Crippen LogP contribution in [0.15, 0.2) is 144 Å². The molecule has 0 saturated heterocycles. The van der Waals surface area contributed by atoms with Crippen LogP contribution >= 0.6 is 0 Å². The Kier molecular flexibility index (Phi) is 25.9. The highest BCUT2D eigenvalue weighted by Gasteiger charge is 2.36. The molecule has 548 valence electrons. The maximum Gasteiger partial charge on any atom is 0.260 e. The van der Waals surface area contributed by atoms with Crippen molar-refractivity contribution in [1.82, 2.24) is 25.8 Å². The molecule has 0 spiro atoms. The molecule has 0 bridgehead atoms. The zero-order chi connectivity index (χ0) is 73.8. The van der Waals surface area contributed by atoms with Crippen LogP contribution in [-0.2, 0) is 49.5 Å². The van der Waals surface area contributed by atoms with Crippen LogP contribution in [0.5, 0.6) is 28.7 Å². The number of rotatable bonds is 35. The summed E-state index contributed by atoms with van der Waals surface area (Å²) in [7, 11) is 4.65. The van der Waals surface area contributed by atoms with Gasteiger partial charge in [-0.25, -0.2) is 0 Å². The van der Waals surface area contributed by atoms with Gasteiger partial charge in [0.2, 0.25) is 29.5 Å². The van der Waals surface area contributed by atoms with Crippen LogP contribution in [0, 0.1) is 17.8 Å². The van der Waals surface area contributed by atoms with Gasteiger partial charge < -0.3 is 78.6 Å². The van der Waals surface area contributed by atoms with Crippen LogP contribution in [0.25, 0.3) is 11.1 Å². The highest BCUT2D eigenvalue weighted by atomic mass is 16.6. The summed E-state index contributed by atoms with van der Waals surface area (Å²) in [6.07, 6.45) is 8.88. The fourth-order valence-electron chi connectivity index (χ4n) is 12.4. The Balaban J connectivity index is 0.536. The molecule has 25 heteroatoms. The highest BCUT2D eigenvalue weighted by Crippen LogP contribution is 2.42. The van der Waals surface area contributed by atoms with Crippen LogP contribution in [0.1, 0.15) is 108 Å². The van der Waals surface area contributed by atoms with Crippen molar-refractivity contribution >= 4 is 87.7 Å². The van der Waals surface area contributed by atoms with E-state index < -0.39 is 23.9 Å². The van der Waals surface area contributed by atoms with Crippen molar-refractivity contribution in [2.24, 2.45) is 15.9 Å². The number of fused-ring (bicyclic) bond motifs is 6. The van der Waals surface area contributed by atoms with Crippen LogP contribution in [0.2, 0.25) is 0 Å². The monoisotopic (exact) mass is 1430 g/mol. The molecule has 0 fully saturated rings. The second-order valence-corrected chi connectivity index (χ2v) is 25.7. The van der Waals surface area contributed by atoms with Gasteiger partial charge in [0, 0.05) is 98.8 Å². The lowest BCUT2D eigenvalue weighted by atomic mass is 10.0. The number of amides is 7. The summed E-state index contributed by atoms with van der Waals surface area (Å²) in [5, 5.41) is 11.2. The lowest BCUT2D eigenvalue weighted by Gasteiger charge is -2.26. The fraction of sp³-hybridized carbons (Fsp3) is 0.362. The van der Waals surface area contributed by atoms with Gasteiger partial charge in [0.1, 0.15) is 17.8 Å². The minimum Gasteiger partial charge on any atom is -0.497 e. The maximum atomic E-state index is 14.2. The molecule has 5 aliphatic rings. The summed E-state index contributed by atoms with van der Waals surface area (Å²) in [4.78, 5) is 108. The Labute approximate surface area is 610 Å². The van der Waals surface area contributed by atoms with Gasteiger partial charge >= 0.3 is 0 Å². The third-order valence-corrected chi connectivity index (χ3v) is 18.1. The molecule has 5 heterocycles. The third kappa shape index (κ3) is 19.4. The summed E-state index contributed by atoms with van der Waals surface area (Å²) in [5.41, 5.74) is 9.20. The number of nitrogens with one attached hydrogen (secondary N) is 4. The zero-order valence-electron chi connectivity index (χ0n) is 59.7. The summed E-state index contributed by atoms with van der Waals surface area (Å²) < 4.78 is 51.4. The molecule has 4 atom stereocenters. The van der Waals surface area contributed by atoms with E-state index in [0.717, 1.165) is 50.4 Å². The lowest BCUT2D eigenvalue weighted by Crippen LogP contribution is -2.53. The summed E-state index contributed by atoms with van der Waals surface area (Å²) >= 11 is 0. The molecule has 0 aliphatic carbocycles. The molecule has 2 unspecified atom stereocenters. The molecule has 0 radical (unpaired) electrons. The number of aliphatic imine (C=N–C) groups is 2. The van der Waals surface area contributed by atoms with Crippen LogP contribution in [0.4, 0.5) is 22.7 Å². The molecule has 6 aromatic carbocycles. The highest BCUT2D eigenvalue weighted by molar-refractivity contribution is 6.07. The summed E-state index contributed by atoms with van der Waals surface area (Å²) in [6, 6.07) is 34.4. The van der Waals surface area contributed by atoms with E-state index in [-0.39, 0.29) is 106 Å². The van der Waals surface area contributed by atoms with Gasteiger partial charge in [0.25, 0.3) is 11.8 Å². The average molecular weight is 1430 g/mol. The number of carbonyl (C=O) groups excluding carboxylic acids is 7. The van der Waals surface area contributed by atoms with Crippen LogP contribution < -0.4 is 49.9 Å². The number of methoxy groups -OCH3 is 3. The number of anilines is 2. The molecule has 6 aromatic rings. The van der Waals surface area contributed by atoms with Gasteiger partial charge in [-0.15, -0.1) is 0 Å². The third-order valence-electron chi connectivity index (χ3n) is 18.1. The molecule has 4 N–H and O–H groups in total. The maximum absolute atomic E-state index is 14.2. The first-order chi connectivity index (χ1) is 51.0. The topological polar surface area (TPSA) is 285 Å². The lowest BCUT2D eigenvalue weighted by molar-refractivity contribution is -0.132. The number of para-hydroxylation sites is 1. The number of ether oxygens (including phenoxy) is 9. The summed E-state index contributed by atoms with van der Waals surface area (Å²) in [6.45, 7) is 8.49. The van der Waals surface area contributed by atoms with Gasteiger partial charge in [-0.05, 0) is 95.3 Å². The Bertz CT molecular complexity index is 4350. The normalized spacial score (nSPS) is 15.8. The van der Waals surface area contributed by atoms with E-state index in [4.69, 9.17) is 52.6 Å². The van der Waals surface area contributed by atoms with Crippen LogP contribution in [0.3, 0.4) is 0 Å². The number of carbonyl (C=O) groups is 7. The Morgan fingerprint density at radius 1 is 0.543 bits per heavy atom. The first-order valence-electron chi connectivity index (χ1n) is 35.1. The second-order valence-electron chi connectivity index (χ2n) is 25.7. The molecule has 0 saturated carbocycles. The average Bonchev–Trinajstić information content (AvgIpc) is 1.65. The Morgan fingerprint density at radius 3 is 1.65 bits per heavy atom. The van der Waals surface area contributed by atoms with Crippen molar-refractivity contribution in [3.05, 3.63) is 173 Å². The number of nitrogens with zero attached hydrogens (tertiary/aromatic N) is 5. The van der Waals surface area contributed by atoms with Crippen molar-refractivity contribution < 1.29 is 76.2 Å². The molecular weight excluding hydrogens is 1340 g/mol. The van der Waals surface area contributed by atoms with Crippen molar-refractivity contribution in [3.8, 4) is 40.6 Å². The quantitative estimate of drug-likeness (QED) is 0.0213. The SMILES string of the molecule is COc1ccc(C2=CN3C(=O)c4cc(OC)c(OCCCOc5cc6c(cc5OC)C(=O)N5C=C(c7ccc(NC(=O)C(C)NC(=O)C(NC(=O)CCOCCOCCOCCOCCNC(=O)CCC(=O)N8Cc9ccccc9C#Cc9ccccc98)C(C)C)cc7)C[C@H]5C=N6)cc4N=C[C@H]3C2)cc1. The number of hydrogen-bond donors (Lipinski definition) is 4. The van der Waals surface area contributed by atoms with Crippen LogP contribution in [-0.4, -0.2) is 182 Å². The molecule has 105 heavy (non-hydrogen) atoms. The van der Waals surface area contributed by atoms with Gasteiger partial charge in [-0.3, -0.25) is 43.5 Å². The first kappa shape index (κ1) is 75.0. The molecule has 25 nitrogen and oxygen atoms in total. The van der Waals surface area contributed by atoms with Crippen molar-refractivity contribution in [2.45, 2.75) is 90.0 Å². The van der Waals surface area contributed by atoms with Gasteiger partial charge in [-0.2, -0.15) is 0 Å². The van der Waals surface area contributed by atoms with E-state index in [9.17, 15) is 33.6 Å². The molecule has 7 amide bonds. The number of hydrogen-bond acceptors (Lipinski definition) is 18. The first-order valence-corrected chi connectivity index (χ1v) is 35.1. The van der Waals surface area contributed by atoms with E-state index in [1.54, 1.807) is 91.4 Å². The van der Waals surface area contributed by atoms with Gasteiger partial charge in [0.15, 0.2) is 23.0 Å². The second kappa shape index (κ2) is 36.3. The fourth-order valence-corrected chi connectivity index (χ4v) is 12.4. The van der Waals surface area contributed by atoms with E-state index in [1.165, 1.54) is 14.2 Å².